The smallest absolute Gasteiger partial charge is 0.231 e. The van der Waals surface area contributed by atoms with Crippen molar-refractivity contribution in [2.75, 3.05) is 19.9 Å². The molecule has 2 unspecified atom stereocenters. The van der Waals surface area contributed by atoms with Crippen molar-refractivity contribution in [2.24, 2.45) is 5.73 Å². The van der Waals surface area contributed by atoms with Crippen molar-refractivity contribution in [3.05, 3.63) is 23.8 Å². The van der Waals surface area contributed by atoms with Gasteiger partial charge in [-0.05, 0) is 43.5 Å². The van der Waals surface area contributed by atoms with Gasteiger partial charge in [0.1, 0.15) is 0 Å². The molecule has 3 rings (SSSR count). The Morgan fingerprint density at radius 1 is 1.24 bits per heavy atom. The molecule has 21 heavy (non-hydrogen) atoms. The molecular formula is C17H26N2O2. The highest BCUT2D eigenvalue weighted by Crippen LogP contribution is 2.34. The predicted molar refractivity (Wildman–Crippen MR) is 83.6 cm³/mol. The lowest BCUT2D eigenvalue weighted by atomic mass is 10.0. The molecule has 0 spiro atoms. The van der Waals surface area contributed by atoms with Crippen LogP contribution in [-0.4, -0.2) is 30.8 Å². The van der Waals surface area contributed by atoms with Gasteiger partial charge in [0.2, 0.25) is 6.79 Å². The molecule has 0 bridgehead atoms. The summed E-state index contributed by atoms with van der Waals surface area (Å²) >= 11 is 0. The minimum atomic E-state index is 0.0339. The van der Waals surface area contributed by atoms with E-state index in [-0.39, 0.29) is 6.04 Å². The Bertz CT molecular complexity index is 478. The van der Waals surface area contributed by atoms with E-state index in [2.05, 4.69) is 17.9 Å². The van der Waals surface area contributed by atoms with Crippen LogP contribution < -0.4 is 15.2 Å². The summed E-state index contributed by atoms with van der Waals surface area (Å²) in [6, 6.07) is 6.79. The first-order valence-electron chi connectivity index (χ1n) is 8.17. The van der Waals surface area contributed by atoms with Crippen LogP contribution in [0.15, 0.2) is 18.2 Å². The number of hydrogen-bond acceptors (Lipinski definition) is 4. The topological polar surface area (TPSA) is 47.7 Å². The highest BCUT2D eigenvalue weighted by atomic mass is 16.7. The summed E-state index contributed by atoms with van der Waals surface area (Å²) in [7, 11) is 0. The van der Waals surface area contributed by atoms with Crippen molar-refractivity contribution in [2.45, 2.75) is 51.1 Å². The lowest BCUT2D eigenvalue weighted by Gasteiger charge is -2.31. The maximum Gasteiger partial charge on any atom is 0.231 e. The second-order valence-corrected chi connectivity index (χ2v) is 6.13. The molecule has 116 valence electrons. The number of nitrogens with zero attached hydrogens (tertiary/aromatic N) is 1. The van der Waals surface area contributed by atoms with E-state index in [1.54, 1.807) is 0 Å². The molecule has 0 aromatic heterocycles. The Hall–Kier alpha value is -1.26. The van der Waals surface area contributed by atoms with Crippen LogP contribution in [0.3, 0.4) is 0 Å². The van der Waals surface area contributed by atoms with Crippen LogP contribution in [0.25, 0.3) is 0 Å². The van der Waals surface area contributed by atoms with Gasteiger partial charge in [0, 0.05) is 18.6 Å². The third-order valence-corrected chi connectivity index (χ3v) is 4.73. The third-order valence-electron chi connectivity index (χ3n) is 4.73. The molecule has 1 saturated heterocycles. The van der Waals surface area contributed by atoms with Crippen LogP contribution in [0.2, 0.25) is 0 Å². The van der Waals surface area contributed by atoms with E-state index in [1.807, 2.05) is 12.1 Å². The van der Waals surface area contributed by atoms with Crippen molar-refractivity contribution in [1.29, 1.82) is 0 Å². The molecule has 2 atom stereocenters. The number of ether oxygens (including phenoxy) is 2. The van der Waals surface area contributed by atoms with Gasteiger partial charge in [-0.2, -0.15) is 0 Å². The summed E-state index contributed by atoms with van der Waals surface area (Å²) < 4.78 is 10.8. The number of hydrogen-bond donors (Lipinski definition) is 1. The molecule has 0 aliphatic carbocycles. The van der Waals surface area contributed by atoms with Crippen LogP contribution >= 0.6 is 0 Å². The van der Waals surface area contributed by atoms with Gasteiger partial charge in [0.25, 0.3) is 0 Å². The van der Waals surface area contributed by atoms with E-state index in [4.69, 9.17) is 15.2 Å². The number of benzene rings is 1. The summed E-state index contributed by atoms with van der Waals surface area (Å²) in [5, 5.41) is 0. The molecule has 0 amide bonds. The quantitative estimate of drug-likeness (QED) is 0.926. The van der Waals surface area contributed by atoms with Crippen LogP contribution in [0.5, 0.6) is 11.5 Å². The molecule has 1 aromatic rings. The van der Waals surface area contributed by atoms with Crippen molar-refractivity contribution in [3.63, 3.8) is 0 Å². The third kappa shape index (κ3) is 3.33. The van der Waals surface area contributed by atoms with E-state index in [0.717, 1.165) is 23.6 Å². The number of rotatable bonds is 4. The molecular weight excluding hydrogens is 264 g/mol. The lowest BCUT2D eigenvalue weighted by Crippen LogP contribution is -2.39. The first kappa shape index (κ1) is 14.7. The number of fused-ring (bicyclic) bond motifs is 1. The second-order valence-electron chi connectivity index (χ2n) is 6.13. The summed E-state index contributed by atoms with van der Waals surface area (Å²) in [4.78, 5) is 2.59. The lowest BCUT2D eigenvalue weighted by molar-refractivity contribution is 0.173. The molecule has 4 nitrogen and oxygen atoms in total. The van der Waals surface area contributed by atoms with Crippen LogP contribution in [0, 0.1) is 0 Å². The predicted octanol–water partition coefficient (Wildman–Crippen LogP) is 3.07. The highest BCUT2D eigenvalue weighted by Gasteiger charge is 2.23. The molecule has 2 aliphatic rings. The van der Waals surface area contributed by atoms with Gasteiger partial charge in [-0.1, -0.05) is 25.8 Å². The fourth-order valence-corrected chi connectivity index (χ4v) is 3.44. The van der Waals surface area contributed by atoms with E-state index in [9.17, 15) is 0 Å². The summed E-state index contributed by atoms with van der Waals surface area (Å²) in [5.41, 5.74) is 7.59. The van der Waals surface area contributed by atoms with E-state index >= 15 is 0 Å². The van der Waals surface area contributed by atoms with Gasteiger partial charge in [0.15, 0.2) is 11.5 Å². The maximum atomic E-state index is 6.45. The molecule has 1 fully saturated rings. The summed E-state index contributed by atoms with van der Waals surface area (Å²) in [6.45, 7) is 4.71. The zero-order valence-electron chi connectivity index (χ0n) is 12.9. The van der Waals surface area contributed by atoms with Gasteiger partial charge in [-0.15, -0.1) is 0 Å². The number of nitrogens with two attached hydrogens (primary N) is 1. The molecule has 1 aromatic carbocycles. The van der Waals surface area contributed by atoms with E-state index in [0.29, 0.717) is 12.8 Å². The van der Waals surface area contributed by atoms with Crippen molar-refractivity contribution < 1.29 is 9.47 Å². The Kier molecular flexibility index (Phi) is 4.66. The SMILES string of the molecule is CCC1CCCCCN1CC(N)c1ccc2c(c1)OCO2. The Balaban J connectivity index is 1.68. The average Bonchev–Trinajstić information content (AvgIpc) is 2.86. The van der Waals surface area contributed by atoms with Crippen LogP contribution in [0.4, 0.5) is 0 Å². The van der Waals surface area contributed by atoms with Crippen LogP contribution in [-0.2, 0) is 0 Å². The zero-order chi connectivity index (χ0) is 14.7. The second kappa shape index (κ2) is 6.67. The average molecular weight is 290 g/mol. The molecule has 0 saturated carbocycles. The normalized spacial score (nSPS) is 23.8. The Labute approximate surface area is 127 Å². The van der Waals surface area contributed by atoms with E-state index < -0.39 is 0 Å². The fourth-order valence-electron chi connectivity index (χ4n) is 3.44. The molecule has 4 heteroatoms. The van der Waals surface area contributed by atoms with Gasteiger partial charge < -0.3 is 15.2 Å². The summed E-state index contributed by atoms with van der Waals surface area (Å²) in [6.07, 6.45) is 6.53. The molecule has 0 radical (unpaired) electrons. The molecule has 2 N–H and O–H groups in total. The standard InChI is InChI=1S/C17H26N2O2/c1-2-14-6-4-3-5-9-19(14)11-15(18)13-7-8-16-17(10-13)21-12-20-16/h7-8,10,14-15H,2-6,9,11-12,18H2,1H3. The monoisotopic (exact) mass is 290 g/mol. The first-order chi connectivity index (χ1) is 10.3. The minimum absolute atomic E-state index is 0.0339. The minimum Gasteiger partial charge on any atom is -0.454 e. The molecule has 2 aliphatic heterocycles. The molecule has 2 heterocycles. The Morgan fingerprint density at radius 2 is 2.10 bits per heavy atom. The maximum absolute atomic E-state index is 6.45. The number of likely N-dealkylation sites (tertiary alicyclic amines) is 1. The van der Waals surface area contributed by atoms with Gasteiger partial charge in [0.05, 0.1) is 0 Å². The van der Waals surface area contributed by atoms with Gasteiger partial charge >= 0.3 is 0 Å². The summed E-state index contributed by atoms with van der Waals surface area (Å²) in [5.74, 6) is 1.65. The van der Waals surface area contributed by atoms with Crippen LogP contribution in [0.1, 0.15) is 50.6 Å². The largest absolute Gasteiger partial charge is 0.454 e. The van der Waals surface area contributed by atoms with E-state index in [1.165, 1.54) is 38.6 Å². The fraction of sp³-hybridized carbons (Fsp3) is 0.647. The first-order valence-corrected chi connectivity index (χ1v) is 8.17. The van der Waals surface area contributed by atoms with Gasteiger partial charge in [-0.25, -0.2) is 0 Å². The van der Waals surface area contributed by atoms with Crippen molar-refractivity contribution in [1.82, 2.24) is 4.90 Å². The highest BCUT2D eigenvalue weighted by molar-refractivity contribution is 5.45. The van der Waals surface area contributed by atoms with Crippen molar-refractivity contribution >= 4 is 0 Å². The Morgan fingerprint density at radius 3 is 2.95 bits per heavy atom. The zero-order valence-corrected chi connectivity index (χ0v) is 12.9. The van der Waals surface area contributed by atoms with Gasteiger partial charge in [-0.3, -0.25) is 4.90 Å². The van der Waals surface area contributed by atoms with Crippen molar-refractivity contribution in [3.8, 4) is 11.5 Å².